The molecule has 57 heavy (non-hydrogen) atoms. The molecular weight excluding hydrogens is 703 g/mol. The van der Waals surface area contributed by atoms with Crippen LogP contribution >= 0.6 is 0 Å². The number of aromatic nitrogens is 5. The second kappa shape index (κ2) is 12.3. The van der Waals surface area contributed by atoms with Crippen molar-refractivity contribution in [2.45, 2.75) is 0 Å². The molecule has 0 radical (unpaired) electrons. The number of fused-ring (bicyclic) bond motifs is 10. The zero-order valence-corrected chi connectivity index (χ0v) is 30.3. The first-order valence-corrected chi connectivity index (χ1v) is 18.9. The summed E-state index contributed by atoms with van der Waals surface area (Å²) in [6.07, 6.45) is 0. The third-order valence-electron chi connectivity index (χ3n) is 10.9. The number of oxazole rings is 1. The van der Waals surface area contributed by atoms with Gasteiger partial charge < -0.3 is 13.4 Å². The second-order valence-corrected chi connectivity index (χ2v) is 14.2. The molecule has 0 saturated heterocycles. The van der Waals surface area contributed by atoms with Crippen molar-refractivity contribution in [3.8, 4) is 51.3 Å². The lowest BCUT2D eigenvalue weighted by molar-refractivity contribution is 0.623. The number of hydrogen-bond acceptors (Lipinski definition) is 6. The van der Waals surface area contributed by atoms with Gasteiger partial charge >= 0.3 is 0 Å². The van der Waals surface area contributed by atoms with E-state index in [1.54, 1.807) is 0 Å². The molecule has 12 aromatic rings. The van der Waals surface area contributed by atoms with Crippen molar-refractivity contribution in [3.63, 3.8) is 0 Å². The van der Waals surface area contributed by atoms with Gasteiger partial charge in [0.15, 0.2) is 23.1 Å². The van der Waals surface area contributed by atoms with E-state index in [4.69, 9.17) is 28.8 Å². The number of nitrogens with zero attached hydrogens (tertiary/aromatic N) is 5. The Labute approximate surface area is 325 Å². The second-order valence-electron chi connectivity index (χ2n) is 14.2. The zero-order chi connectivity index (χ0) is 37.5. The van der Waals surface area contributed by atoms with Crippen molar-refractivity contribution in [1.82, 2.24) is 24.5 Å². The maximum atomic E-state index is 6.58. The van der Waals surface area contributed by atoms with Crippen LogP contribution in [0.1, 0.15) is 0 Å². The summed E-state index contributed by atoms with van der Waals surface area (Å²) in [5, 5.41) is 6.41. The van der Waals surface area contributed by atoms with Gasteiger partial charge in [0.2, 0.25) is 5.89 Å². The summed E-state index contributed by atoms with van der Waals surface area (Å²) >= 11 is 0. The number of benzene rings is 8. The summed E-state index contributed by atoms with van der Waals surface area (Å²) in [5.74, 6) is 2.32. The van der Waals surface area contributed by atoms with E-state index in [1.807, 2.05) is 78.9 Å². The lowest BCUT2D eigenvalue weighted by Gasteiger charge is -2.11. The molecule has 0 atom stereocenters. The van der Waals surface area contributed by atoms with Crippen LogP contribution in [0.5, 0.6) is 0 Å². The van der Waals surface area contributed by atoms with Crippen LogP contribution in [0.15, 0.2) is 185 Å². The van der Waals surface area contributed by atoms with E-state index in [1.165, 1.54) is 10.8 Å². The van der Waals surface area contributed by atoms with E-state index >= 15 is 0 Å². The molecule has 0 bridgehead atoms. The molecule has 0 fully saturated rings. The molecule has 8 aromatic carbocycles. The van der Waals surface area contributed by atoms with Crippen LogP contribution in [0.4, 0.5) is 0 Å². The van der Waals surface area contributed by atoms with E-state index in [9.17, 15) is 0 Å². The van der Waals surface area contributed by atoms with Gasteiger partial charge in [-0.2, -0.15) is 0 Å². The Hall–Kier alpha value is -7.90. The molecule has 0 spiro atoms. The third kappa shape index (κ3) is 4.99. The average Bonchev–Trinajstić information content (AvgIpc) is 3.99. The van der Waals surface area contributed by atoms with Crippen molar-refractivity contribution < 1.29 is 8.83 Å². The van der Waals surface area contributed by atoms with Crippen LogP contribution < -0.4 is 0 Å². The summed E-state index contributed by atoms with van der Waals surface area (Å²) in [6, 6.07) is 59.9. The Morgan fingerprint density at radius 2 is 1.00 bits per heavy atom. The van der Waals surface area contributed by atoms with Gasteiger partial charge in [0, 0.05) is 54.9 Å². The van der Waals surface area contributed by atoms with E-state index in [-0.39, 0.29) is 0 Å². The Kier molecular flexibility index (Phi) is 6.79. The van der Waals surface area contributed by atoms with Gasteiger partial charge in [0.1, 0.15) is 16.7 Å². The third-order valence-corrected chi connectivity index (χ3v) is 10.9. The van der Waals surface area contributed by atoms with Crippen LogP contribution in [0, 0.1) is 0 Å². The van der Waals surface area contributed by atoms with Crippen LogP contribution in [-0.2, 0) is 0 Å². The van der Waals surface area contributed by atoms with Crippen molar-refractivity contribution >= 4 is 65.6 Å². The molecule has 266 valence electrons. The lowest BCUT2D eigenvalue weighted by Crippen LogP contribution is -2.01. The quantitative estimate of drug-likeness (QED) is 0.175. The van der Waals surface area contributed by atoms with Gasteiger partial charge in [0.05, 0.1) is 11.0 Å². The molecular formula is C50H29N5O2. The molecule has 0 aliphatic carbocycles. The van der Waals surface area contributed by atoms with Crippen molar-refractivity contribution in [3.05, 3.63) is 176 Å². The maximum Gasteiger partial charge on any atom is 0.227 e. The van der Waals surface area contributed by atoms with E-state index < -0.39 is 0 Å². The number of para-hydroxylation sites is 2. The molecule has 0 N–H and O–H groups in total. The normalized spacial score (nSPS) is 11.9. The van der Waals surface area contributed by atoms with E-state index in [2.05, 4.69) is 102 Å². The molecule has 12 rings (SSSR count). The van der Waals surface area contributed by atoms with Crippen LogP contribution in [0.25, 0.3) is 117 Å². The molecule has 0 amide bonds. The highest BCUT2D eigenvalue weighted by Gasteiger charge is 2.20. The van der Waals surface area contributed by atoms with E-state index in [0.717, 1.165) is 82.8 Å². The summed E-state index contributed by atoms with van der Waals surface area (Å²) in [4.78, 5) is 20.1. The van der Waals surface area contributed by atoms with Crippen molar-refractivity contribution in [1.29, 1.82) is 0 Å². The van der Waals surface area contributed by atoms with Crippen LogP contribution in [0.2, 0.25) is 0 Å². The molecule has 0 aliphatic rings. The highest BCUT2D eigenvalue weighted by atomic mass is 16.3. The van der Waals surface area contributed by atoms with Gasteiger partial charge in [-0.1, -0.05) is 115 Å². The van der Waals surface area contributed by atoms with Gasteiger partial charge in [-0.05, 0) is 66.0 Å². The molecule has 4 aromatic heterocycles. The zero-order valence-electron chi connectivity index (χ0n) is 30.3. The first-order valence-electron chi connectivity index (χ1n) is 18.9. The number of hydrogen-bond donors (Lipinski definition) is 0. The predicted molar refractivity (Wildman–Crippen MR) is 228 cm³/mol. The standard InChI is InChI=1S/C50H29N5O2/c1-3-12-31(13-4-1)47-52-48(33-16-11-17-35(28-33)55-40-20-9-7-18-36(40)37-19-8-10-21-41(37)55)54-49(53-47)34-22-25-38-43(29-34)56-42-27-24-30-23-26-39-46(44(30)45(38)42)57-50(51-39)32-14-5-2-6-15-32/h1-29H. The smallest absolute Gasteiger partial charge is 0.227 e. The summed E-state index contributed by atoms with van der Waals surface area (Å²) in [5.41, 5.74) is 9.89. The van der Waals surface area contributed by atoms with Crippen molar-refractivity contribution in [2.24, 2.45) is 0 Å². The minimum absolute atomic E-state index is 0.554. The van der Waals surface area contributed by atoms with Crippen molar-refractivity contribution in [2.75, 3.05) is 0 Å². The minimum Gasteiger partial charge on any atom is -0.456 e. The minimum atomic E-state index is 0.554. The predicted octanol–water partition coefficient (Wildman–Crippen LogP) is 12.8. The summed E-state index contributed by atoms with van der Waals surface area (Å²) in [7, 11) is 0. The number of rotatable bonds is 5. The molecule has 7 heteroatoms. The fourth-order valence-corrected chi connectivity index (χ4v) is 8.24. The van der Waals surface area contributed by atoms with Gasteiger partial charge in [-0.3, -0.25) is 0 Å². The number of furan rings is 1. The van der Waals surface area contributed by atoms with E-state index in [0.29, 0.717) is 23.4 Å². The van der Waals surface area contributed by atoms with Gasteiger partial charge in [0.25, 0.3) is 0 Å². The maximum absolute atomic E-state index is 6.58. The Morgan fingerprint density at radius 3 is 1.74 bits per heavy atom. The molecule has 0 aliphatic heterocycles. The first kappa shape index (κ1) is 31.5. The van der Waals surface area contributed by atoms with Gasteiger partial charge in [-0.25, -0.2) is 19.9 Å². The van der Waals surface area contributed by atoms with Crippen LogP contribution in [0.3, 0.4) is 0 Å². The SMILES string of the molecule is c1ccc(-c2nc(-c3cccc(-n4c5ccccc5c5ccccc54)c3)nc(-c3ccc4c(c3)oc3ccc5ccc6nc(-c7ccccc7)oc6c5c34)n2)cc1. The Balaban J connectivity index is 1.02. The highest BCUT2D eigenvalue weighted by molar-refractivity contribution is 6.25. The fourth-order valence-electron chi connectivity index (χ4n) is 8.24. The van der Waals surface area contributed by atoms with Crippen LogP contribution in [-0.4, -0.2) is 24.5 Å². The Bertz CT molecular complexity index is 3480. The topological polar surface area (TPSA) is 82.8 Å². The average molecular weight is 732 g/mol. The lowest BCUT2D eigenvalue weighted by atomic mass is 10.0. The molecule has 7 nitrogen and oxygen atoms in total. The fraction of sp³-hybridized carbons (Fsp3) is 0. The molecule has 0 unspecified atom stereocenters. The summed E-state index contributed by atoms with van der Waals surface area (Å²) < 4.78 is 15.4. The highest BCUT2D eigenvalue weighted by Crippen LogP contribution is 2.41. The monoisotopic (exact) mass is 731 g/mol. The molecule has 4 heterocycles. The Morgan fingerprint density at radius 1 is 0.386 bits per heavy atom. The first-order chi connectivity index (χ1) is 28.2. The largest absolute Gasteiger partial charge is 0.456 e. The van der Waals surface area contributed by atoms with Gasteiger partial charge in [-0.15, -0.1) is 0 Å². The molecule has 0 saturated carbocycles. The summed E-state index contributed by atoms with van der Waals surface area (Å²) in [6.45, 7) is 0.